The summed E-state index contributed by atoms with van der Waals surface area (Å²) in [5, 5.41) is 0. The van der Waals surface area contributed by atoms with Crippen LogP contribution in [0.5, 0.6) is 5.75 Å². The van der Waals surface area contributed by atoms with E-state index in [0.717, 1.165) is 5.56 Å². The lowest BCUT2D eigenvalue weighted by atomic mass is 9.98. The molecule has 0 aromatic heterocycles. The van der Waals surface area contributed by atoms with Crippen molar-refractivity contribution in [2.75, 3.05) is 13.2 Å². The zero-order valence-corrected chi connectivity index (χ0v) is 16.1. The molecule has 0 aliphatic rings. The van der Waals surface area contributed by atoms with Crippen LogP contribution in [0.25, 0.3) is 0 Å². The van der Waals surface area contributed by atoms with E-state index in [4.69, 9.17) is 14.2 Å². The Hall–Kier alpha value is -3.15. The van der Waals surface area contributed by atoms with E-state index >= 15 is 0 Å². The Labute approximate surface area is 164 Å². The monoisotopic (exact) mass is 384 g/mol. The highest BCUT2D eigenvalue weighted by Gasteiger charge is 2.32. The fraction of sp³-hybridized carbons (Fsp3) is 0.318. The molecule has 0 aliphatic heterocycles. The van der Waals surface area contributed by atoms with Gasteiger partial charge in [0.1, 0.15) is 12.4 Å². The minimum Gasteiger partial charge on any atom is -0.489 e. The molecule has 0 fully saturated rings. The molecule has 0 amide bonds. The van der Waals surface area contributed by atoms with Crippen molar-refractivity contribution in [1.82, 2.24) is 0 Å². The molecule has 148 valence electrons. The van der Waals surface area contributed by atoms with E-state index in [0.29, 0.717) is 17.9 Å². The number of hydrogen-bond acceptors (Lipinski definition) is 6. The molecule has 0 saturated carbocycles. The highest BCUT2D eigenvalue weighted by atomic mass is 16.6. The van der Waals surface area contributed by atoms with Gasteiger partial charge in [-0.25, -0.2) is 0 Å². The van der Waals surface area contributed by atoms with Gasteiger partial charge in [0.05, 0.1) is 13.2 Å². The number of carbonyl (C=O) groups excluding carboxylic acids is 3. The van der Waals surface area contributed by atoms with Gasteiger partial charge >= 0.3 is 11.9 Å². The molecule has 0 heterocycles. The van der Waals surface area contributed by atoms with Crippen LogP contribution in [0, 0.1) is 5.92 Å². The first kappa shape index (κ1) is 21.2. The Morgan fingerprint density at radius 3 is 1.93 bits per heavy atom. The molecule has 2 aromatic carbocycles. The summed E-state index contributed by atoms with van der Waals surface area (Å²) in [5.74, 6) is -2.50. The summed E-state index contributed by atoms with van der Waals surface area (Å²) in [5.41, 5.74) is 1.42. The molecular formula is C22H24O6. The van der Waals surface area contributed by atoms with E-state index in [1.165, 1.54) is 0 Å². The van der Waals surface area contributed by atoms with Crippen molar-refractivity contribution in [2.24, 2.45) is 5.92 Å². The van der Waals surface area contributed by atoms with Crippen molar-refractivity contribution in [1.29, 1.82) is 0 Å². The highest BCUT2D eigenvalue weighted by molar-refractivity contribution is 6.04. The van der Waals surface area contributed by atoms with Crippen molar-refractivity contribution < 1.29 is 28.6 Å². The predicted octanol–water partition coefficient (Wildman–Crippen LogP) is 3.58. The molecule has 2 rings (SSSR count). The third-order valence-electron chi connectivity index (χ3n) is 3.96. The molecule has 6 heteroatoms. The number of ether oxygens (including phenoxy) is 3. The maximum atomic E-state index is 12.5. The van der Waals surface area contributed by atoms with Crippen molar-refractivity contribution in [3.63, 3.8) is 0 Å². The fourth-order valence-corrected chi connectivity index (χ4v) is 2.53. The summed E-state index contributed by atoms with van der Waals surface area (Å²) in [7, 11) is 0. The first-order valence-corrected chi connectivity index (χ1v) is 9.18. The van der Waals surface area contributed by atoms with Crippen LogP contribution in [0.1, 0.15) is 36.2 Å². The van der Waals surface area contributed by atoms with Gasteiger partial charge in [-0.2, -0.15) is 0 Å². The van der Waals surface area contributed by atoms with Crippen LogP contribution in [0.2, 0.25) is 0 Å². The predicted molar refractivity (Wildman–Crippen MR) is 103 cm³/mol. The molecule has 0 radical (unpaired) electrons. The molecule has 0 aliphatic carbocycles. The van der Waals surface area contributed by atoms with Crippen LogP contribution in [-0.2, 0) is 25.7 Å². The third kappa shape index (κ3) is 6.23. The Morgan fingerprint density at radius 2 is 1.39 bits per heavy atom. The average molecular weight is 384 g/mol. The Morgan fingerprint density at radius 1 is 0.821 bits per heavy atom. The van der Waals surface area contributed by atoms with Gasteiger partial charge < -0.3 is 14.2 Å². The van der Waals surface area contributed by atoms with Gasteiger partial charge in [0.15, 0.2) is 11.7 Å². The first-order chi connectivity index (χ1) is 13.5. The van der Waals surface area contributed by atoms with Crippen LogP contribution >= 0.6 is 0 Å². The summed E-state index contributed by atoms with van der Waals surface area (Å²) < 4.78 is 15.5. The largest absolute Gasteiger partial charge is 0.489 e. The quantitative estimate of drug-likeness (QED) is 0.354. The maximum Gasteiger partial charge on any atom is 0.320 e. The first-order valence-electron chi connectivity index (χ1n) is 9.18. The molecule has 0 bridgehead atoms. The summed E-state index contributed by atoms with van der Waals surface area (Å²) >= 11 is 0. The van der Waals surface area contributed by atoms with E-state index in [1.54, 1.807) is 38.1 Å². The van der Waals surface area contributed by atoms with E-state index in [2.05, 4.69) is 0 Å². The number of hydrogen-bond donors (Lipinski definition) is 0. The lowest BCUT2D eigenvalue weighted by Crippen LogP contribution is -2.30. The number of benzene rings is 2. The van der Waals surface area contributed by atoms with E-state index < -0.39 is 17.9 Å². The van der Waals surface area contributed by atoms with E-state index in [-0.39, 0.29) is 25.4 Å². The number of ketones is 1. The molecule has 6 nitrogen and oxygen atoms in total. The summed E-state index contributed by atoms with van der Waals surface area (Å²) in [6.45, 7) is 3.93. The molecule has 0 spiro atoms. The fourth-order valence-electron chi connectivity index (χ4n) is 2.53. The van der Waals surface area contributed by atoms with Crippen LogP contribution < -0.4 is 4.74 Å². The SMILES string of the molecule is CCOC(=O)C(CC(=O)c1ccc(OCc2ccccc2)cc1)C(=O)OCC. The zero-order valence-electron chi connectivity index (χ0n) is 16.1. The summed E-state index contributed by atoms with van der Waals surface area (Å²) in [6, 6.07) is 16.3. The Bertz CT molecular complexity index is 764. The summed E-state index contributed by atoms with van der Waals surface area (Å²) in [6.07, 6.45) is -0.304. The lowest BCUT2D eigenvalue weighted by Gasteiger charge is -2.14. The van der Waals surface area contributed by atoms with Gasteiger partial charge in [0, 0.05) is 12.0 Å². The van der Waals surface area contributed by atoms with Crippen LogP contribution in [0.4, 0.5) is 0 Å². The van der Waals surface area contributed by atoms with E-state index in [9.17, 15) is 14.4 Å². The molecule has 0 atom stereocenters. The number of rotatable bonds is 10. The van der Waals surface area contributed by atoms with Crippen molar-refractivity contribution in [2.45, 2.75) is 26.9 Å². The minimum absolute atomic E-state index is 0.121. The van der Waals surface area contributed by atoms with Gasteiger partial charge in [0.25, 0.3) is 0 Å². The second-order valence-electron chi connectivity index (χ2n) is 5.98. The highest BCUT2D eigenvalue weighted by Crippen LogP contribution is 2.18. The van der Waals surface area contributed by atoms with Gasteiger partial charge in [-0.1, -0.05) is 30.3 Å². The van der Waals surface area contributed by atoms with Crippen molar-refractivity contribution in [3.8, 4) is 5.75 Å². The lowest BCUT2D eigenvalue weighted by molar-refractivity contribution is -0.161. The van der Waals surface area contributed by atoms with Gasteiger partial charge in [-0.05, 0) is 43.7 Å². The molecule has 0 N–H and O–H groups in total. The number of Topliss-reactive ketones (excluding diaryl/α,β-unsaturated/α-hetero) is 1. The summed E-state index contributed by atoms with van der Waals surface area (Å²) in [4.78, 5) is 36.5. The van der Waals surface area contributed by atoms with E-state index in [1.807, 2.05) is 30.3 Å². The maximum absolute atomic E-state index is 12.5. The molecule has 0 unspecified atom stereocenters. The van der Waals surface area contributed by atoms with Crippen molar-refractivity contribution in [3.05, 3.63) is 65.7 Å². The van der Waals surface area contributed by atoms with Crippen LogP contribution in [0.15, 0.2) is 54.6 Å². The van der Waals surface area contributed by atoms with Gasteiger partial charge in [-0.3, -0.25) is 14.4 Å². The van der Waals surface area contributed by atoms with Crippen molar-refractivity contribution >= 4 is 17.7 Å². The topological polar surface area (TPSA) is 78.9 Å². The van der Waals surface area contributed by atoms with Gasteiger partial charge in [-0.15, -0.1) is 0 Å². The normalized spacial score (nSPS) is 10.4. The average Bonchev–Trinajstić information content (AvgIpc) is 2.71. The smallest absolute Gasteiger partial charge is 0.320 e. The zero-order chi connectivity index (χ0) is 20.4. The Kier molecular flexibility index (Phi) is 8.21. The van der Waals surface area contributed by atoms with Crippen LogP contribution in [0.3, 0.4) is 0 Å². The second-order valence-corrected chi connectivity index (χ2v) is 5.98. The molecular weight excluding hydrogens is 360 g/mol. The minimum atomic E-state index is -1.26. The Balaban J connectivity index is 1.99. The molecule has 28 heavy (non-hydrogen) atoms. The van der Waals surface area contributed by atoms with Gasteiger partial charge in [0.2, 0.25) is 0 Å². The standard InChI is InChI=1S/C22H24O6/c1-3-26-21(24)19(22(25)27-4-2)14-20(23)17-10-12-18(13-11-17)28-15-16-8-6-5-7-9-16/h5-13,19H,3-4,14-15H2,1-2H3. The molecule has 0 saturated heterocycles. The third-order valence-corrected chi connectivity index (χ3v) is 3.96. The number of carbonyl (C=O) groups is 3. The van der Waals surface area contributed by atoms with Crippen LogP contribution in [-0.4, -0.2) is 30.9 Å². The second kappa shape index (κ2) is 10.9. The molecule has 2 aromatic rings. The number of esters is 2.